The number of guanidine groups is 1. The van der Waals surface area contributed by atoms with Crippen LogP contribution in [0.4, 0.5) is 10.1 Å². The van der Waals surface area contributed by atoms with Crippen LogP contribution in [0, 0.1) is 11.7 Å². The van der Waals surface area contributed by atoms with Crippen molar-refractivity contribution in [1.82, 2.24) is 10.6 Å². The molecule has 2 N–H and O–H groups in total. The summed E-state index contributed by atoms with van der Waals surface area (Å²) in [6.45, 7) is 5.70. The minimum absolute atomic E-state index is 0. The van der Waals surface area contributed by atoms with Crippen molar-refractivity contribution in [3.05, 3.63) is 30.1 Å². The molecule has 0 atom stereocenters. The molecule has 1 aromatic carbocycles. The van der Waals surface area contributed by atoms with Crippen LogP contribution in [0.25, 0.3) is 0 Å². The molecule has 1 aromatic rings. The van der Waals surface area contributed by atoms with Crippen LogP contribution in [0.3, 0.4) is 0 Å². The molecule has 2 rings (SSSR count). The van der Waals surface area contributed by atoms with E-state index in [0.717, 1.165) is 77.7 Å². The molecule has 1 saturated heterocycles. The average Bonchev–Trinajstić information content (AvgIpc) is 2.73. The summed E-state index contributed by atoms with van der Waals surface area (Å²) in [7, 11) is 3.67. The Morgan fingerprint density at radius 3 is 2.59 bits per heavy atom. The largest absolute Gasteiger partial charge is 0.381 e. The van der Waals surface area contributed by atoms with E-state index in [4.69, 9.17) is 9.47 Å². The molecule has 0 unspecified atom stereocenters. The molecule has 0 bridgehead atoms. The number of rotatable bonds is 11. The lowest BCUT2D eigenvalue weighted by atomic mass is 10.0. The molecule has 1 heterocycles. The molecule has 1 aliphatic heterocycles. The van der Waals surface area contributed by atoms with E-state index < -0.39 is 0 Å². The normalized spacial score (nSPS) is 14.9. The fourth-order valence-corrected chi connectivity index (χ4v) is 3.17. The summed E-state index contributed by atoms with van der Waals surface area (Å²) in [5.41, 5.74) is 0.630. The number of ether oxygens (including phenoxy) is 2. The highest BCUT2D eigenvalue weighted by Gasteiger charge is 2.13. The predicted octanol–water partition coefficient (Wildman–Crippen LogP) is 3.27. The summed E-state index contributed by atoms with van der Waals surface area (Å²) in [6.07, 6.45) is 4.06. The van der Waals surface area contributed by atoms with Crippen LogP contribution in [-0.2, 0) is 9.47 Å². The first-order valence-corrected chi connectivity index (χ1v) is 10.3. The molecule has 0 saturated carbocycles. The maximum Gasteiger partial charge on any atom is 0.190 e. The average molecular weight is 522 g/mol. The topological polar surface area (TPSA) is 58.1 Å². The zero-order valence-electron chi connectivity index (χ0n) is 17.7. The van der Waals surface area contributed by atoms with Gasteiger partial charge in [-0.1, -0.05) is 12.1 Å². The second-order valence-electron chi connectivity index (χ2n) is 7.14. The van der Waals surface area contributed by atoms with Gasteiger partial charge in [0, 0.05) is 60.2 Å². The van der Waals surface area contributed by atoms with Crippen molar-refractivity contribution in [3.63, 3.8) is 0 Å². The molecule has 0 spiro atoms. The van der Waals surface area contributed by atoms with Crippen molar-refractivity contribution in [2.75, 3.05) is 65.1 Å². The van der Waals surface area contributed by atoms with Crippen molar-refractivity contribution in [1.29, 1.82) is 0 Å². The van der Waals surface area contributed by atoms with Gasteiger partial charge in [0.1, 0.15) is 5.82 Å². The Morgan fingerprint density at radius 2 is 1.90 bits per heavy atom. The van der Waals surface area contributed by atoms with Crippen LogP contribution in [-0.4, -0.2) is 66.1 Å². The summed E-state index contributed by atoms with van der Waals surface area (Å²) in [5.74, 6) is 1.26. The smallest absolute Gasteiger partial charge is 0.190 e. The summed E-state index contributed by atoms with van der Waals surface area (Å²) in [4.78, 5) is 6.17. The highest BCUT2D eigenvalue weighted by Crippen LogP contribution is 2.17. The number of halogens is 2. The van der Waals surface area contributed by atoms with Crippen LogP contribution in [0.1, 0.15) is 25.7 Å². The molecule has 0 radical (unpaired) electrons. The maximum atomic E-state index is 13.8. The van der Waals surface area contributed by atoms with E-state index in [0.29, 0.717) is 11.6 Å². The number of anilines is 1. The summed E-state index contributed by atoms with van der Waals surface area (Å²) < 4.78 is 24.9. The standard InChI is InChI=1S/C21H35FN4O2.HI/c1-23-21(25-12-6-14-28-17-18-9-15-27-16-10-18)24-11-5-13-26(2)20-8-4-3-7-19(20)22;/h3-4,7-8,18H,5-6,9-17H2,1-2H3,(H2,23,24,25);1H. The van der Waals surface area contributed by atoms with Crippen molar-refractivity contribution < 1.29 is 13.9 Å². The van der Waals surface area contributed by atoms with Crippen LogP contribution in [0.5, 0.6) is 0 Å². The molecule has 0 aliphatic carbocycles. The van der Waals surface area contributed by atoms with Gasteiger partial charge in [-0.2, -0.15) is 0 Å². The van der Waals surface area contributed by atoms with Crippen molar-refractivity contribution in [2.45, 2.75) is 25.7 Å². The fraction of sp³-hybridized carbons (Fsp3) is 0.667. The first-order valence-electron chi connectivity index (χ1n) is 10.3. The zero-order valence-corrected chi connectivity index (χ0v) is 20.0. The van der Waals surface area contributed by atoms with Crippen LogP contribution in [0.15, 0.2) is 29.3 Å². The highest BCUT2D eigenvalue weighted by atomic mass is 127. The third-order valence-corrected chi connectivity index (χ3v) is 4.90. The fourth-order valence-electron chi connectivity index (χ4n) is 3.17. The first-order chi connectivity index (χ1) is 13.7. The third kappa shape index (κ3) is 10.5. The lowest BCUT2D eigenvalue weighted by Crippen LogP contribution is -2.39. The van der Waals surface area contributed by atoms with E-state index in [2.05, 4.69) is 15.6 Å². The van der Waals surface area contributed by atoms with Crippen molar-refractivity contribution >= 4 is 35.6 Å². The Bertz CT molecular complexity index is 586. The number of benzene rings is 1. The van der Waals surface area contributed by atoms with Gasteiger partial charge in [0.2, 0.25) is 0 Å². The Hall–Kier alpha value is -1.13. The van der Waals surface area contributed by atoms with E-state index in [1.165, 1.54) is 6.07 Å². The Kier molecular flexibility index (Phi) is 14.0. The maximum absolute atomic E-state index is 13.8. The lowest BCUT2D eigenvalue weighted by Gasteiger charge is -2.21. The number of aliphatic imine (C=N–C) groups is 1. The van der Waals surface area contributed by atoms with Crippen molar-refractivity contribution in [3.8, 4) is 0 Å². The van der Waals surface area contributed by atoms with Crippen LogP contribution in [0.2, 0.25) is 0 Å². The van der Waals surface area contributed by atoms with Gasteiger partial charge >= 0.3 is 0 Å². The quantitative estimate of drug-likeness (QED) is 0.202. The summed E-state index contributed by atoms with van der Waals surface area (Å²) >= 11 is 0. The number of hydrogen-bond acceptors (Lipinski definition) is 4. The monoisotopic (exact) mass is 522 g/mol. The second kappa shape index (κ2) is 15.7. The molecule has 166 valence electrons. The molecule has 6 nitrogen and oxygen atoms in total. The van der Waals surface area contributed by atoms with Gasteiger partial charge < -0.3 is 25.0 Å². The van der Waals surface area contributed by atoms with Crippen molar-refractivity contribution in [2.24, 2.45) is 10.9 Å². The lowest BCUT2D eigenvalue weighted by molar-refractivity contribution is 0.0203. The van der Waals surface area contributed by atoms with E-state index in [1.807, 2.05) is 18.0 Å². The molecule has 1 aliphatic rings. The Morgan fingerprint density at radius 1 is 1.21 bits per heavy atom. The van der Waals surface area contributed by atoms with E-state index in [1.54, 1.807) is 19.2 Å². The predicted molar refractivity (Wildman–Crippen MR) is 128 cm³/mol. The van der Waals surface area contributed by atoms with E-state index >= 15 is 0 Å². The molecule has 1 fully saturated rings. The minimum Gasteiger partial charge on any atom is -0.381 e. The Labute approximate surface area is 191 Å². The summed E-state index contributed by atoms with van der Waals surface area (Å²) in [5, 5.41) is 6.60. The van der Waals surface area contributed by atoms with Crippen LogP contribution < -0.4 is 15.5 Å². The minimum atomic E-state index is -0.186. The molecule has 8 heteroatoms. The van der Waals surface area contributed by atoms with Gasteiger partial charge in [-0.05, 0) is 43.7 Å². The van der Waals surface area contributed by atoms with Gasteiger partial charge in [0.15, 0.2) is 5.96 Å². The van der Waals surface area contributed by atoms with Gasteiger partial charge in [-0.25, -0.2) is 4.39 Å². The highest BCUT2D eigenvalue weighted by molar-refractivity contribution is 14.0. The van der Waals surface area contributed by atoms with Gasteiger partial charge in [-0.15, -0.1) is 24.0 Å². The summed E-state index contributed by atoms with van der Waals surface area (Å²) in [6, 6.07) is 6.85. The number of nitrogens with one attached hydrogen (secondary N) is 2. The number of hydrogen-bond donors (Lipinski definition) is 2. The molecular weight excluding hydrogens is 486 g/mol. The zero-order chi connectivity index (χ0) is 20.0. The van der Waals surface area contributed by atoms with Crippen LogP contribution >= 0.6 is 24.0 Å². The van der Waals surface area contributed by atoms with Gasteiger partial charge in [-0.3, -0.25) is 4.99 Å². The SMILES string of the molecule is CN=C(NCCCOCC1CCOCC1)NCCCN(C)c1ccccc1F.I. The molecule has 0 amide bonds. The number of para-hydroxylation sites is 1. The number of nitrogens with zero attached hydrogens (tertiary/aromatic N) is 2. The first kappa shape index (κ1) is 25.9. The van der Waals surface area contributed by atoms with E-state index in [-0.39, 0.29) is 29.8 Å². The Balaban J connectivity index is 0.00000420. The molecule has 29 heavy (non-hydrogen) atoms. The molecular formula is C21H36FIN4O2. The van der Waals surface area contributed by atoms with Gasteiger partial charge in [0.25, 0.3) is 0 Å². The van der Waals surface area contributed by atoms with E-state index in [9.17, 15) is 4.39 Å². The molecule has 0 aromatic heterocycles. The van der Waals surface area contributed by atoms with Gasteiger partial charge in [0.05, 0.1) is 5.69 Å². The third-order valence-electron chi connectivity index (χ3n) is 4.90. The second-order valence-corrected chi connectivity index (χ2v) is 7.14.